The third-order valence-corrected chi connectivity index (χ3v) is 11.5. The fourth-order valence-corrected chi connectivity index (χ4v) is 8.34. The van der Waals surface area contributed by atoms with Crippen LogP contribution in [0.5, 0.6) is 5.75 Å². The third-order valence-electron chi connectivity index (χ3n) is 10.7. The molecule has 4 atom stereocenters. The second kappa shape index (κ2) is 16.9. The lowest BCUT2D eigenvalue weighted by Crippen LogP contribution is -2.25. The van der Waals surface area contributed by atoms with Crippen molar-refractivity contribution in [3.63, 3.8) is 0 Å². The summed E-state index contributed by atoms with van der Waals surface area (Å²) in [5.41, 5.74) is 1.57. The van der Waals surface area contributed by atoms with Gasteiger partial charge in [-0.15, -0.1) is 11.3 Å². The van der Waals surface area contributed by atoms with Gasteiger partial charge in [0.15, 0.2) is 5.75 Å². The van der Waals surface area contributed by atoms with E-state index in [2.05, 4.69) is 51.2 Å². The Labute approximate surface area is 346 Å². The number of anilines is 4. The van der Waals surface area contributed by atoms with E-state index in [4.69, 9.17) is 4.74 Å². The number of pyridine rings is 4. The Bertz CT molecular complexity index is 2740. The van der Waals surface area contributed by atoms with Gasteiger partial charge in [0.1, 0.15) is 18.2 Å². The maximum atomic E-state index is 13.6. The van der Waals surface area contributed by atoms with Crippen molar-refractivity contribution in [2.24, 2.45) is 0 Å². The van der Waals surface area contributed by atoms with Crippen molar-refractivity contribution in [1.82, 2.24) is 39.0 Å². The number of fused-ring (bicyclic) bond motifs is 1. The average molecular weight is 825 g/mol. The smallest absolute Gasteiger partial charge is 0.337 e. The van der Waals surface area contributed by atoms with Crippen molar-refractivity contribution in [1.29, 1.82) is 0 Å². The van der Waals surface area contributed by atoms with Gasteiger partial charge in [-0.1, -0.05) is 6.07 Å². The van der Waals surface area contributed by atoms with E-state index in [0.717, 1.165) is 54.6 Å². The van der Waals surface area contributed by atoms with Gasteiger partial charge >= 0.3 is 5.97 Å². The summed E-state index contributed by atoms with van der Waals surface area (Å²) in [5, 5.41) is 25.6. The van der Waals surface area contributed by atoms with Gasteiger partial charge < -0.3 is 31.1 Å². The predicted octanol–water partition coefficient (Wildman–Crippen LogP) is 5.74. The molecule has 0 amide bonds. The van der Waals surface area contributed by atoms with Gasteiger partial charge in [0.05, 0.1) is 63.7 Å². The van der Waals surface area contributed by atoms with Gasteiger partial charge in [-0.05, 0) is 86.4 Å². The molecule has 7 heterocycles. The van der Waals surface area contributed by atoms with Gasteiger partial charge in [0.25, 0.3) is 11.1 Å². The number of carboxylic acids is 1. The molecule has 2 saturated carbocycles. The third kappa shape index (κ3) is 8.77. The minimum absolute atomic E-state index is 0.0704. The maximum Gasteiger partial charge on any atom is 0.337 e. The van der Waals surface area contributed by atoms with Crippen LogP contribution in [0.3, 0.4) is 0 Å². The number of thiophene rings is 1. The molecule has 2 aliphatic carbocycles. The number of nitrogens with one attached hydrogen (secondary N) is 4. The number of rotatable bonds is 14. The molecule has 304 valence electrons. The monoisotopic (exact) mass is 824 g/mol. The molecule has 2 fully saturated rings. The van der Waals surface area contributed by atoms with Crippen LogP contribution in [0.15, 0.2) is 113 Å². The van der Waals surface area contributed by atoms with Crippen LogP contribution in [-0.2, 0) is 6.61 Å². The van der Waals surface area contributed by atoms with E-state index in [-0.39, 0.29) is 47.5 Å². The van der Waals surface area contributed by atoms with E-state index in [1.54, 1.807) is 58.8 Å². The zero-order valence-corrected chi connectivity index (χ0v) is 33.0. The highest BCUT2D eigenvalue weighted by molar-refractivity contribution is 7.17. The van der Waals surface area contributed by atoms with Crippen molar-refractivity contribution in [2.45, 2.75) is 69.3 Å². The molecule has 18 heteroatoms. The Morgan fingerprint density at radius 2 is 1.37 bits per heavy atom. The van der Waals surface area contributed by atoms with Crippen LogP contribution in [0.25, 0.3) is 21.6 Å². The lowest BCUT2D eigenvalue weighted by molar-refractivity contribution is 0.0695. The summed E-state index contributed by atoms with van der Waals surface area (Å²) < 4.78 is 9.74. The largest absolute Gasteiger partial charge is 0.485 e. The highest BCUT2D eigenvalue weighted by Gasteiger charge is 2.27. The summed E-state index contributed by atoms with van der Waals surface area (Å²) in [5.74, 6) is 1.59. The number of carboxylic acid groups (broad SMARTS) is 1. The Morgan fingerprint density at radius 3 is 2.00 bits per heavy atom. The first-order valence-electron chi connectivity index (χ1n) is 19.6. The summed E-state index contributed by atoms with van der Waals surface area (Å²) in [6.07, 6.45) is 16.5. The molecule has 2 aliphatic rings. The van der Waals surface area contributed by atoms with Crippen LogP contribution < -0.4 is 37.1 Å². The predicted molar refractivity (Wildman–Crippen MR) is 228 cm³/mol. The zero-order chi connectivity index (χ0) is 41.0. The quantitative estimate of drug-likeness (QED) is 0.0884. The number of ether oxygens (including phenoxy) is 1. The minimum Gasteiger partial charge on any atom is -0.485 e. The van der Waals surface area contributed by atoms with Crippen molar-refractivity contribution >= 4 is 51.1 Å². The van der Waals surface area contributed by atoms with Crippen molar-refractivity contribution < 1.29 is 14.6 Å². The SMILES string of the molecule is O=C(O)c1cc(COc2cnc(N[C@H]3CC[C@H](Nc4ccc(-n5ccccc5=O)cn4)C3)nc2)c(=O)n(-c2ccc(N[C@H]3CC[C@H](Nc4ncc5sccc5n4)C3)nc2)c1. The fraction of sp³-hybridized carbons (Fsp3) is 0.262. The molecular weight excluding hydrogens is 785 g/mol. The van der Waals surface area contributed by atoms with Gasteiger partial charge in [0, 0.05) is 42.6 Å². The Morgan fingerprint density at radius 1 is 0.733 bits per heavy atom. The molecule has 17 nitrogen and oxygen atoms in total. The van der Waals surface area contributed by atoms with Gasteiger partial charge in [-0.25, -0.2) is 34.7 Å². The molecule has 7 aromatic heterocycles. The molecule has 0 bridgehead atoms. The van der Waals surface area contributed by atoms with Crippen molar-refractivity contribution in [2.75, 3.05) is 21.3 Å². The van der Waals surface area contributed by atoms with E-state index in [0.29, 0.717) is 34.8 Å². The van der Waals surface area contributed by atoms with Crippen LogP contribution in [0.4, 0.5) is 23.5 Å². The lowest BCUT2D eigenvalue weighted by Gasteiger charge is -2.16. The van der Waals surface area contributed by atoms with Gasteiger partial charge in [0.2, 0.25) is 11.9 Å². The van der Waals surface area contributed by atoms with Crippen LogP contribution in [0.2, 0.25) is 0 Å². The molecule has 0 radical (unpaired) electrons. The van der Waals surface area contributed by atoms with E-state index in [9.17, 15) is 19.5 Å². The number of aromatic nitrogens is 8. The number of aromatic carboxylic acids is 1. The van der Waals surface area contributed by atoms with Crippen LogP contribution in [0, 0.1) is 0 Å². The highest BCUT2D eigenvalue weighted by atomic mass is 32.1. The summed E-state index contributed by atoms with van der Waals surface area (Å²) >= 11 is 1.62. The minimum atomic E-state index is -1.18. The van der Waals surface area contributed by atoms with Crippen molar-refractivity contribution in [3.8, 4) is 17.1 Å². The Kier molecular flexibility index (Phi) is 10.8. The van der Waals surface area contributed by atoms with Crippen LogP contribution in [-0.4, -0.2) is 74.3 Å². The number of hydrogen-bond donors (Lipinski definition) is 5. The highest BCUT2D eigenvalue weighted by Crippen LogP contribution is 2.27. The van der Waals surface area contributed by atoms with E-state index in [1.807, 2.05) is 29.8 Å². The summed E-state index contributed by atoms with van der Waals surface area (Å²) in [7, 11) is 0. The number of hydrogen-bond acceptors (Lipinski definition) is 15. The second-order valence-corrected chi connectivity index (χ2v) is 15.8. The second-order valence-electron chi connectivity index (χ2n) is 14.8. The molecule has 0 aromatic carbocycles. The molecular formula is C42H40N12O5S. The normalized spacial score (nSPS) is 18.6. The molecule has 7 aromatic rings. The van der Waals surface area contributed by atoms with Crippen LogP contribution in [0.1, 0.15) is 54.4 Å². The standard InChI is InChI=1S/C42H40N12O5S/c55-38-3-1-2-13-53(38)31-8-10-36(43-18-31)48-27-4-6-29(16-27)50-41-45-20-33(21-46-41)59-24-26-15-25(40(57)58)23-54(39(26)56)32-9-11-37(44-19-32)49-28-5-7-30(17-28)51-42-47-22-35-34(52-42)12-14-60-35/h1-3,8-15,18-23,27-30H,4-7,16-17,24H2,(H,43,48)(H,44,49)(H,57,58)(H,45,46,50)(H,47,51,52)/t27-,28-,29-,30-/m0/s1. The Balaban J connectivity index is 0.774. The first-order chi connectivity index (χ1) is 29.3. The van der Waals surface area contributed by atoms with E-state index in [1.165, 1.54) is 35.3 Å². The van der Waals surface area contributed by atoms with Gasteiger partial charge in [-0.3, -0.25) is 18.7 Å². The summed E-state index contributed by atoms with van der Waals surface area (Å²) in [6, 6.07) is 16.3. The van der Waals surface area contributed by atoms with Crippen molar-refractivity contribution in [3.05, 3.63) is 135 Å². The van der Waals surface area contributed by atoms with E-state index >= 15 is 0 Å². The lowest BCUT2D eigenvalue weighted by atomic mass is 10.2. The number of nitrogens with zero attached hydrogens (tertiary/aromatic N) is 8. The average Bonchev–Trinajstić information content (AvgIpc) is 4.03. The molecule has 9 rings (SSSR count). The van der Waals surface area contributed by atoms with Crippen LogP contribution >= 0.6 is 11.3 Å². The summed E-state index contributed by atoms with van der Waals surface area (Å²) in [6.45, 7) is -0.195. The fourth-order valence-electron chi connectivity index (χ4n) is 7.65. The molecule has 60 heavy (non-hydrogen) atoms. The molecule has 0 saturated heterocycles. The van der Waals surface area contributed by atoms with E-state index < -0.39 is 11.5 Å². The first kappa shape index (κ1) is 38.3. The summed E-state index contributed by atoms with van der Waals surface area (Å²) in [4.78, 5) is 64.8. The molecule has 0 spiro atoms. The topological polar surface area (TPSA) is 216 Å². The van der Waals surface area contributed by atoms with Gasteiger partial charge in [-0.2, -0.15) is 0 Å². The Hall–Kier alpha value is -7.21. The molecule has 5 N–H and O–H groups in total. The maximum absolute atomic E-state index is 13.6. The molecule has 0 aliphatic heterocycles. The zero-order valence-electron chi connectivity index (χ0n) is 32.1. The molecule has 0 unspecified atom stereocenters. The number of carbonyl (C=O) groups is 1. The first-order valence-corrected chi connectivity index (χ1v) is 20.5.